The van der Waals surface area contributed by atoms with Gasteiger partial charge in [-0.1, -0.05) is 23.4 Å². The summed E-state index contributed by atoms with van der Waals surface area (Å²) in [4.78, 5) is 45.2. The SMILES string of the molecule is CC(=O)CSc1nc(-c2ccc(Cl)cc2)nc2c1c(=O)n(C)c(=O)n2C. The molecule has 26 heavy (non-hydrogen) atoms. The highest BCUT2D eigenvalue weighted by Gasteiger charge is 2.18. The van der Waals surface area contributed by atoms with Crippen LogP contribution in [0, 0.1) is 0 Å². The fourth-order valence-electron chi connectivity index (χ4n) is 2.43. The molecule has 0 atom stereocenters. The third-order valence-electron chi connectivity index (χ3n) is 3.78. The largest absolute Gasteiger partial charge is 0.332 e. The minimum Gasteiger partial charge on any atom is -0.299 e. The van der Waals surface area contributed by atoms with Crippen molar-refractivity contribution in [1.82, 2.24) is 19.1 Å². The van der Waals surface area contributed by atoms with E-state index in [1.807, 2.05) is 0 Å². The first-order chi connectivity index (χ1) is 12.3. The summed E-state index contributed by atoms with van der Waals surface area (Å²) in [6.45, 7) is 1.46. The van der Waals surface area contributed by atoms with E-state index in [4.69, 9.17) is 11.6 Å². The lowest BCUT2D eigenvalue weighted by molar-refractivity contribution is -0.114. The van der Waals surface area contributed by atoms with Crippen LogP contribution in [0.1, 0.15) is 6.92 Å². The van der Waals surface area contributed by atoms with Gasteiger partial charge in [-0.2, -0.15) is 0 Å². The highest BCUT2D eigenvalue weighted by molar-refractivity contribution is 8.00. The van der Waals surface area contributed by atoms with Gasteiger partial charge in [0, 0.05) is 24.7 Å². The zero-order chi connectivity index (χ0) is 19.0. The van der Waals surface area contributed by atoms with Crippen molar-refractivity contribution in [3.05, 3.63) is 50.1 Å². The van der Waals surface area contributed by atoms with Crippen molar-refractivity contribution < 1.29 is 4.79 Å². The summed E-state index contributed by atoms with van der Waals surface area (Å²) in [5, 5.41) is 1.16. The first-order valence-corrected chi connectivity index (χ1v) is 9.02. The highest BCUT2D eigenvalue weighted by Crippen LogP contribution is 2.26. The molecule has 2 aromatic heterocycles. The maximum Gasteiger partial charge on any atom is 0.332 e. The van der Waals surface area contributed by atoms with E-state index in [1.165, 1.54) is 18.5 Å². The number of carbonyl (C=O) groups excluding carboxylic acids is 1. The van der Waals surface area contributed by atoms with Crippen molar-refractivity contribution >= 4 is 40.2 Å². The van der Waals surface area contributed by atoms with Crippen LogP contribution in [0.4, 0.5) is 0 Å². The fraction of sp³-hybridized carbons (Fsp3) is 0.235. The van der Waals surface area contributed by atoms with Crippen LogP contribution in [0.3, 0.4) is 0 Å². The second-order valence-electron chi connectivity index (χ2n) is 5.75. The highest BCUT2D eigenvalue weighted by atomic mass is 35.5. The van der Waals surface area contributed by atoms with Gasteiger partial charge in [0.05, 0.1) is 5.75 Å². The molecule has 7 nitrogen and oxygen atoms in total. The zero-order valence-corrected chi connectivity index (χ0v) is 15.9. The van der Waals surface area contributed by atoms with Crippen LogP contribution < -0.4 is 11.2 Å². The zero-order valence-electron chi connectivity index (χ0n) is 14.3. The summed E-state index contributed by atoms with van der Waals surface area (Å²) in [6.07, 6.45) is 0. The average Bonchev–Trinajstić information content (AvgIpc) is 2.62. The van der Waals surface area contributed by atoms with Gasteiger partial charge in [0.25, 0.3) is 5.56 Å². The third kappa shape index (κ3) is 3.30. The predicted molar refractivity (Wildman–Crippen MR) is 102 cm³/mol. The summed E-state index contributed by atoms with van der Waals surface area (Å²) in [5.74, 6) is 0.470. The first kappa shape index (κ1) is 18.3. The Morgan fingerprint density at radius 3 is 2.38 bits per heavy atom. The number of fused-ring (bicyclic) bond motifs is 1. The quantitative estimate of drug-likeness (QED) is 0.500. The molecule has 0 aliphatic carbocycles. The van der Waals surface area contributed by atoms with E-state index in [-0.39, 0.29) is 22.6 Å². The van der Waals surface area contributed by atoms with E-state index in [0.717, 1.165) is 16.3 Å². The molecule has 9 heteroatoms. The number of hydrogen-bond acceptors (Lipinski definition) is 6. The molecule has 0 fully saturated rings. The van der Waals surface area contributed by atoms with Gasteiger partial charge in [-0.3, -0.25) is 18.7 Å². The van der Waals surface area contributed by atoms with Crippen molar-refractivity contribution in [2.75, 3.05) is 5.75 Å². The molecule has 0 unspecified atom stereocenters. The van der Waals surface area contributed by atoms with Crippen LogP contribution in [0.15, 0.2) is 38.9 Å². The van der Waals surface area contributed by atoms with Gasteiger partial charge >= 0.3 is 5.69 Å². The number of benzene rings is 1. The van der Waals surface area contributed by atoms with Crippen molar-refractivity contribution in [3.63, 3.8) is 0 Å². The summed E-state index contributed by atoms with van der Waals surface area (Å²) in [5.41, 5.74) is -0.0548. The van der Waals surface area contributed by atoms with Gasteiger partial charge in [0.1, 0.15) is 16.2 Å². The number of aromatic nitrogens is 4. The molecule has 0 bridgehead atoms. The average molecular weight is 391 g/mol. The maximum absolute atomic E-state index is 12.6. The van der Waals surface area contributed by atoms with Crippen LogP contribution in [-0.4, -0.2) is 30.6 Å². The number of carbonyl (C=O) groups is 1. The number of thioether (sulfide) groups is 1. The van der Waals surface area contributed by atoms with E-state index in [0.29, 0.717) is 21.4 Å². The molecular weight excluding hydrogens is 376 g/mol. The van der Waals surface area contributed by atoms with Crippen LogP contribution in [0.25, 0.3) is 22.4 Å². The van der Waals surface area contributed by atoms with Gasteiger partial charge in [0.2, 0.25) is 0 Å². The minimum absolute atomic E-state index is 0.0450. The van der Waals surface area contributed by atoms with E-state index in [9.17, 15) is 14.4 Å². The normalized spacial score (nSPS) is 11.1. The van der Waals surface area contributed by atoms with Crippen LogP contribution in [0.5, 0.6) is 0 Å². The minimum atomic E-state index is -0.489. The summed E-state index contributed by atoms with van der Waals surface area (Å²) in [6, 6.07) is 6.91. The second-order valence-corrected chi connectivity index (χ2v) is 7.15. The Balaban J connectivity index is 2.35. The molecular formula is C17H15ClN4O3S. The number of ketones is 1. The smallest absolute Gasteiger partial charge is 0.299 e. The number of hydrogen-bond donors (Lipinski definition) is 0. The van der Waals surface area contributed by atoms with Gasteiger partial charge in [-0.15, -0.1) is 0 Å². The van der Waals surface area contributed by atoms with Crippen LogP contribution in [0.2, 0.25) is 5.02 Å². The van der Waals surface area contributed by atoms with Crippen molar-refractivity contribution in [2.45, 2.75) is 11.9 Å². The van der Waals surface area contributed by atoms with Crippen molar-refractivity contribution in [2.24, 2.45) is 14.1 Å². The summed E-state index contributed by atoms with van der Waals surface area (Å²) in [7, 11) is 2.94. The monoisotopic (exact) mass is 390 g/mol. The molecule has 0 N–H and O–H groups in total. The molecule has 3 rings (SSSR count). The lowest BCUT2D eigenvalue weighted by Crippen LogP contribution is -2.37. The Hall–Kier alpha value is -2.45. The van der Waals surface area contributed by atoms with E-state index >= 15 is 0 Å². The Morgan fingerprint density at radius 1 is 1.12 bits per heavy atom. The number of aryl methyl sites for hydroxylation is 1. The van der Waals surface area contributed by atoms with Gasteiger partial charge in [-0.05, 0) is 31.2 Å². The van der Waals surface area contributed by atoms with E-state index < -0.39 is 11.2 Å². The second kappa shape index (κ2) is 7.05. The van der Waals surface area contributed by atoms with Crippen molar-refractivity contribution in [1.29, 1.82) is 0 Å². The predicted octanol–water partition coefficient (Wildman–Crippen LogP) is 2.03. The molecule has 0 spiro atoms. The lowest BCUT2D eigenvalue weighted by Gasteiger charge is -2.11. The Morgan fingerprint density at radius 2 is 1.77 bits per heavy atom. The summed E-state index contributed by atoms with van der Waals surface area (Å²) >= 11 is 7.07. The Labute approximate surface area is 157 Å². The maximum atomic E-state index is 12.6. The molecule has 1 aromatic carbocycles. The number of Topliss-reactive ketones (excluding diaryl/α,β-unsaturated/α-hetero) is 1. The molecule has 0 amide bonds. The molecule has 0 radical (unpaired) electrons. The fourth-order valence-corrected chi connectivity index (χ4v) is 3.37. The third-order valence-corrected chi connectivity index (χ3v) is 5.15. The van der Waals surface area contributed by atoms with E-state index in [2.05, 4.69) is 9.97 Å². The molecule has 0 aliphatic heterocycles. The lowest BCUT2D eigenvalue weighted by atomic mass is 10.2. The van der Waals surface area contributed by atoms with E-state index in [1.54, 1.807) is 31.3 Å². The Kier molecular flexibility index (Phi) is 4.97. The number of halogens is 1. The summed E-state index contributed by atoms with van der Waals surface area (Å²) < 4.78 is 2.31. The first-order valence-electron chi connectivity index (χ1n) is 7.65. The van der Waals surface area contributed by atoms with Crippen molar-refractivity contribution in [3.8, 4) is 11.4 Å². The topological polar surface area (TPSA) is 86.8 Å². The molecule has 0 saturated heterocycles. The molecule has 134 valence electrons. The van der Waals surface area contributed by atoms with Crippen LogP contribution in [-0.2, 0) is 18.9 Å². The number of nitrogens with zero attached hydrogens (tertiary/aromatic N) is 4. The van der Waals surface area contributed by atoms with Crippen LogP contribution >= 0.6 is 23.4 Å². The van der Waals surface area contributed by atoms with Gasteiger partial charge < -0.3 is 0 Å². The molecule has 3 aromatic rings. The standard InChI is InChI=1S/C17H15ClN4O3S/c1-9(23)8-26-15-12-14(21(2)17(25)22(3)16(12)24)19-13(20-15)10-4-6-11(18)7-5-10/h4-7H,8H2,1-3H3. The molecule has 0 aliphatic rings. The molecule has 2 heterocycles. The number of rotatable bonds is 4. The van der Waals surface area contributed by atoms with Gasteiger partial charge in [0.15, 0.2) is 11.5 Å². The van der Waals surface area contributed by atoms with Gasteiger partial charge in [-0.25, -0.2) is 14.8 Å². The Bertz CT molecular complexity index is 1140. The molecule has 0 saturated carbocycles.